The quantitative estimate of drug-likeness (QED) is 0.649. The summed E-state index contributed by atoms with van der Waals surface area (Å²) in [6.45, 7) is 5.00. The van der Waals surface area contributed by atoms with Crippen molar-refractivity contribution in [2.45, 2.75) is 6.04 Å². The molecule has 0 radical (unpaired) electrons. The normalized spacial score (nSPS) is 24.9. The monoisotopic (exact) mass is 244 g/mol. The molecule has 2 aliphatic heterocycles. The molecule has 0 aliphatic carbocycles. The van der Waals surface area contributed by atoms with Crippen LogP contribution in [-0.2, 0) is 10.0 Å². The Morgan fingerprint density at radius 3 is 2.50 bits per heavy atom. The summed E-state index contributed by atoms with van der Waals surface area (Å²) < 4.78 is 24.4. The Kier molecular flexibility index (Phi) is 3.44. The van der Waals surface area contributed by atoms with Gasteiger partial charge in [-0.25, -0.2) is 8.42 Å². The molecule has 0 atom stereocenters. The first-order valence-corrected chi connectivity index (χ1v) is 7.04. The number of hydrogen-bond donors (Lipinski definition) is 1. The van der Waals surface area contributed by atoms with E-state index in [4.69, 9.17) is 5.26 Å². The van der Waals surface area contributed by atoms with Crippen LogP contribution in [0.15, 0.2) is 0 Å². The fraction of sp³-hybridized carbons (Fsp3) is 0.889. The number of nitrogens with one attached hydrogen (secondary N) is 1. The van der Waals surface area contributed by atoms with Crippen molar-refractivity contribution in [1.29, 1.82) is 5.26 Å². The third-order valence-corrected chi connectivity index (χ3v) is 4.72. The summed E-state index contributed by atoms with van der Waals surface area (Å²) in [6.07, 6.45) is 0. The van der Waals surface area contributed by atoms with Crippen molar-refractivity contribution < 1.29 is 8.42 Å². The first-order chi connectivity index (χ1) is 7.63. The standard InChI is InChI=1S/C9H16N4O2S/c10-1-6-16(14,15)13-7-9(8-13)12-4-2-11-3-5-12/h9,11H,2-8H2. The lowest BCUT2D eigenvalue weighted by atomic mass is 10.1. The number of nitrogens with zero attached hydrogens (tertiary/aromatic N) is 3. The predicted molar refractivity (Wildman–Crippen MR) is 59.2 cm³/mol. The van der Waals surface area contributed by atoms with Crippen LogP contribution in [0.25, 0.3) is 0 Å². The summed E-state index contributed by atoms with van der Waals surface area (Å²) in [5, 5.41) is 11.7. The molecule has 0 spiro atoms. The molecule has 0 aromatic rings. The molecule has 2 saturated heterocycles. The topological polar surface area (TPSA) is 76.4 Å². The molecule has 0 bridgehead atoms. The molecular weight excluding hydrogens is 228 g/mol. The van der Waals surface area contributed by atoms with E-state index in [1.807, 2.05) is 0 Å². The molecule has 0 unspecified atom stereocenters. The van der Waals surface area contributed by atoms with Crippen LogP contribution in [0, 0.1) is 11.3 Å². The predicted octanol–water partition coefficient (Wildman–Crippen LogP) is -1.57. The minimum Gasteiger partial charge on any atom is -0.314 e. The van der Waals surface area contributed by atoms with Crippen LogP contribution in [0.2, 0.25) is 0 Å². The lowest BCUT2D eigenvalue weighted by Gasteiger charge is -2.45. The van der Waals surface area contributed by atoms with Crippen LogP contribution in [0.4, 0.5) is 0 Å². The number of hydrogen-bond acceptors (Lipinski definition) is 5. The Labute approximate surface area is 95.9 Å². The van der Waals surface area contributed by atoms with Crippen LogP contribution in [-0.4, -0.2) is 68.7 Å². The molecule has 16 heavy (non-hydrogen) atoms. The molecule has 90 valence electrons. The van der Waals surface area contributed by atoms with Crippen molar-refractivity contribution >= 4 is 10.0 Å². The Hall–Kier alpha value is -0.680. The van der Waals surface area contributed by atoms with Gasteiger partial charge in [0.15, 0.2) is 5.75 Å². The lowest BCUT2D eigenvalue weighted by Crippen LogP contribution is -2.64. The Morgan fingerprint density at radius 2 is 1.94 bits per heavy atom. The molecule has 0 aromatic heterocycles. The summed E-state index contributed by atoms with van der Waals surface area (Å²) in [5.41, 5.74) is 0. The third-order valence-electron chi connectivity index (χ3n) is 3.14. The fourth-order valence-corrected chi connectivity index (χ4v) is 3.24. The van der Waals surface area contributed by atoms with Gasteiger partial charge in [-0.05, 0) is 0 Å². The average Bonchev–Trinajstić information content (AvgIpc) is 2.16. The Bertz CT molecular complexity index is 377. The van der Waals surface area contributed by atoms with Crippen molar-refractivity contribution in [1.82, 2.24) is 14.5 Å². The molecule has 2 fully saturated rings. The van der Waals surface area contributed by atoms with Crippen molar-refractivity contribution in [3.63, 3.8) is 0 Å². The highest BCUT2D eigenvalue weighted by Gasteiger charge is 2.38. The molecule has 2 heterocycles. The molecule has 6 nitrogen and oxygen atoms in total. The van der Waals surface area contributed by atoms with Crippen LogP contribution >= 0.6 is 0 Å². The maximum absolute atomic E-state index is 11.5. The van der Waals surface area contributed by atoms with E-state index >= 15 is 0 Å². The molecule has 0 amide bonds. The van der Waals surface area contributed by atoms with Gasteiger partial charge in [0.05, 0.1) is 6.07 Å². The number of sulfonamides is 1. The number of rotatable bonds is 3. The smallest absolute Gasteiger partial charge is 0.227 e. The van der Waals surface area contributed by atoms with E-state index in [2.05, 4.69) is 10.2 Å². The first kappa shape index (κ1) is 11.8. The minimum atomic E-state index is -3.32. The third kappa shape index (κ3) is 2.35. The zero-order chi connectivity index (χ0) is 11.6. The van der Waals surface area contributed by atoms with Gasteiger partial charge in [-0.15, -0.1) is 0 Å². The van der Waals surface area contributed by atoms with E-state index in [0.717, 1.165) is 26.2 Å². The Morgan fingerprint density at radius 1 is 1.31 bits per heavy atom. The first-order valence-electron chi connectivity index (χ1n) is 5.43. The van der Waals surface area contributed by atoms with E-state index in [1.54, 1.807) is 6.07 Å². The second kappa shape index (κ2) is 4.67. The van der Waals surface area contributed by atoms with Gasteiger partial charge < -0.3 is 5.32 Å². The van der Waals surface area contributed by atoms with Crippen molar-refractivity contribution in [2.75, 3.05) is 45.0 Å². The molecule has 0 aromatic carbocycles. The summed E-state index contributed by atoms with van der Waals surface area (Å²) in [6, 6.07) is 2.04. The highest BCUT2D eigenvalue weighted by molar-refractivity contribution is 7.89. The van der Waals surface area contributed by atoms with Gasteiger partial charge in [-0.1, -0.05) is 0 Å². The summed E-state index contributed by atoms with van der Waals surface area (Å²) in [5.74, 6) is -0.402. The van der Waals surface area contributed by atoms with Gasteiger partial charge in [0.25, 0.3) is 0 Å². The molecular formula is C9H16N4O2S. The average molecular weight is 244 g/mol. The zero-order valence-corrected chi connectivity index (χ0v) is 9.91. The molecule has 0 saturated carbocycles. The van der Waals surface area contributed by atoms with Crippen molar-refractivity contribution in [3.05, 3.63) is 0 Å². The second-order valence-electron chi connectivity index (χ2n) is 4.17. The van der Waals surface area contributed by atoms with Crippen LogP contribution in [0.1, 0.15) is 0 Å². The number of nitriles is 1. The largest absolute Gasteiger partial charge is 0.314 e. The summed E-state index contributed by atoms with van der Waals surface area (Å²) >= 11 is 0. The van der Waals surface area contributed by atoms with Gasteiger partial charge in [0, 0.05) is 45.3 Å². The second-order valence-corrected chi connectivity index (χ2v) is 6.14. The van der Waals surface area contributed by atoms with E-state index in [0.29, 0.717) is 19.1 Å². The van der Waals surface area contributed by atoms with Gasteiger partial charge >= 0.3 is 0 Å². The van der Waals surface area contributed by atoms with E-state index in [9.17, 15) is 8.42 Å². The summed E-state index contributed by atoms with van der Waals surface area (Å²) in [7, 11) is -3.32. The van der Waals surface area contributed by atoms with Gasteiger partial charge in [0.1, 0.15) is 0 Å². The maximum Gasteiger partial charge on any atom is 0.227 e. The summed E-state index contributed by atoms with van der Waals surface area (Å²) in [4.78, 5) is 2.31. The van der Waals surface area contributed by atoms with Gasteiger partial charge in [-0.3, -0.25) is 4.90 Å². The fourth-order valence-electron chi connectivity index (χ4n) is 2.09. The highest BCUT2D eigenvalue weighted by Crippen LogP contribution is 2.19. The van der Waals surface area contributed by atoms with Crippen LogP contribution in [0.3, 0.4) is 0 Å². The Balaban J connectivity index is 1.83. The molecule has 2 rings (SSSR count). The number of piperazine rings is 1. The van der Waals surface area contributed by atoms with Gasteiger partial charge in [-0.2, -0.15) is 9.57 Å². The van der Waals surface area contributed by atoms with Crippen LogP contribution in [0.5, 0.6) is 0 Å². The van der Waals surface area contributed by atoms with Crippen molar-refractivity contribution in [2.24, 2.45) is 0 Å². The maximum atomic E-state index is 11.5. The van der Waals surface area contributed by atoms with Gasteiger partial charge in [0.2, 0.25) is 10.0 Å². The zero-order valence-electron chi connectivity index (χ0n) is 9.09. The van der Waals surface area contributed by atoms with E-state index in [-0.39, 0.29) is 0 Å². The molecule has 1 N–H and O–H groups in total. The minimum absolute atomic E-state index is 0.343. The van der Waals surface area contributed by atoms with Crippen molar-refractivity contribution in [3.8, 4) is 6.07 Å². The highest BCUT2D eigenvalue weighted by atomic mass is 32.2. The lowest BCUT2D eigenvalue weighted by molar-refractivity contribution is 0.0775. The van der Waals surface area contributed by atoms with E-state index < -0.39 is 15.8 Å². The molecule has 7 heteroatoms. The molecule has 2 aliphatic rings. The SMILES string of the molecule is N#CCS(=O)(=O)N1CC(N2CCNCC2)C1. The van der Waals surface area contributed by atoms with Crippen LogP contribution < -0.4 is 5.32 Å². The van der Waals surface area contributed by atoms with E-state index in [1.165, 1.54) is 4.31 Å².